The summed E-state index contributed by atoms with van der Waals surface area (Å²) in [7, 11) is 0. The van der Waals surface area contributed by atoms with Crippen LogP contribution in [-0.4, -0.2) is 16.3 Å². The Hall–Kier alpha value is -6.78. The Morgan fingerprint density at radius 1 is 0.603 bits per heavy atom. The van der Waals surface area contributed by atoms with E-state index < -0.39 is 0 Å². The average molecular weight is 891 g/mol. The van der Waals surface area contributed by atoms with E-state index in [0.29, 0.717) is 29.8 Å². The zero-order valence-corrected chi connectivity index (χ0v) is 40.9. The molecule has 5 aliphatic rings. The van der Waals surface area contributed by atoms with Gasteiger partial charge in [0.1, 0.15) is 11.5 Å². The molecule has 0 spiro atoms. The number of hydrogen-bond donors (Lipinski definition) is 2. The first-order valence-corrected chi connectivity index (χ1v) is 25.1. The van der Waals surface area contributed by atoms with Gasteiger partial charge in [0.15, 0.2) is 0 Å². The number of hydrogen-bond acceptors (Lipinski definition) is 4. The van der Waals surface area contributed by atoms with Gasteiger partial charge in [-0.05, 0) is 196 Å². The maximum absolute atomic E-state index is 11.2. The van der Waals surface area contributed by atoms with E-state index in [1.807, 2.05) is 24.3 Å². The summed E-state index contributed by atoms with van der Waals surface area (Å²) >= 11 is 0. The van der Waals surface area contributed by atoms with E-state index >= 15 is 0 Å². The molecule has 7 aromatic rings. The molecule has 2 atom stereocenters. The molecule has 0 bridgehead atoms. The van der Waals surface area contributed by atoms with Crippen LogP contribution in [0.5, 0.6) is 11.5 Å². The summed E-state index contributed by atoms with van der Waals surface area (Å²) in [6.07, 6.45) is 14.7. The molecule has 340 valence electrons. The first-order chi connectivity index (χ1) is 32.8. The molecule has 0 amide bonds. The second-order valence-electron chi connectivity index (χ2n) is 21.3. The van der Waals surface area contributed by atoms with Gasteiger partial charge >= 0.3 is 0 Å². The number of benzene rings is 7. The van der Waals surface area contributed by atoms with Crippen LogP contribution >= 0.6 is 0 Å². The fraction of sp³-hybridized carbons (Fsp3) is 0.281. The van der Waals surface area contributed by atoms with Crippen molar-refractivity contribution in [1.82, 2.24) is 0 Å². The standard InChI is InChI=1S/C64H62N2O2/c1-35(2)51-33-59(65(41-27-37(5)25-38(6)28-41)57-17-9-13-43-45-15-11-19-61(67)55(45)31-53(43)57)49-24-22-48-52(36(3)4)34-60(50-23-21-47(51)63(49)64(48)50)66(42-29-39(7)26-40(8)30-42)58-18-10-14-44-46-16-12-20-62(68)56(46)32-54(44)58/h9-17,19-21,23,25-27,29-30,33-36,38,58,67-68H,18,22,24,28,31-32H2,1-8H3. The van der Waals surface area contributed by atoms with Gasteiger partial charge in [-0.25, -0.2) is 0 Å². The van der Waals surface area contributed by atoms with Gasteiger partial charge < -0.3 is 20.0 Å². The van der Waals surface area contributed by atoms with E-state index in [0.717, 1.165) is 54.4 Å². The molecule has 7 aromatic carbocycles. The monoisotopic (exact) mass is 890 g/mol. The summed E-state index contributed by atoms with van der Waals surface area (Å²) in [4.78, 5) is 5.35. The number of phenolic OH excluding ortho intramolecular Hbond substituents is 2. The van der Waals surface area contributed by atoms with Gasteiger partial charge in [-0.1, -0.05) is 113 Å². The first-order valence-electron chi connectivity index (χ1n) is 25.1. The van der Waals surface area contributed by atoms with Crippen molar-refractivity contribution in [3.8, 4) is 22.6 Å². The molecular formula is C64H62N2O2. The second kappa shape index (κ2) is 15.9. The third kappa shape index (κ3) is 6.54. The van der Waals surface area contributed by atoms with Gasteiger partial charge in [-0.3, -0.25) is 0 Å². The lowest BCUT2D eigenvalue weighted by Gasteiger charge is -2.39. The molecule has 0 aromatic heterocycles. The van der Waals surface area contributed by atoms with Crippen molar-refractivity contribution in [1.29, 1.82) is 0 Å². The van der Waals surface area contributed by atoms with Crippen molar-refractivity contribution in [2.45, 2.75) is 112 Å². The highest BCUT2D eigenvalue weighted by Gasteiger charge is 2.37. The van der Waals surface area contributed by atoms with E-state index in [9.17, 15) is 10.2 Å². The van der Waals surface area contributed by atoms with Crippen LogP contribution in [0.3, 0.4) is 0 Å². The number of rotatable bonds is 8. The SMILES string of the molecule is CC1=CC(C)CC(N(c2cccc3c2Cc2c(O)cccc2-3)c2cc(C(C)C)c3ccc4c(N(c5cc(C)cc(C)c5)C5CC=CC6=C5Cc5c(O)cccc56)cc(C(C)C)c5c4c3c2CC5)=C1. The van der Waals surface area contributed by atoms with Crippen LogP contribution in [0.15, 0.2) is 138 Å². The van der Waals surface area contributed by atoms with Crippen LogP contribution in [0, 0.1) is 19.8 Å². The summed E-state index contributed by atoms with van der Waals surface area (Å²) in [6.45, 7) is 18.6. The molecule has 0 saturated heterocycles. The van der Waals surface area contributed by atoms with E-state index in [4.69, 9.17) is 0 Å². The Labute approximate surface area is 402 Å². The van der Waals surface area contributed by atoms with Crippen molar-refractivity contribution in [3.63, 3.8) is 0 Å². The Kier molecular flexibility index (Phi) is 9.96. The van der Waals surface area contributed by atoms with Crippen molar-refractivity contribution in [3.05, 3.63) is 194 Å². The lowest BCUT2D eigenvalue weighted by molar-refractivity contribution is 0.469. The Bertz CT molecular complexity index is 3430. The van der Waals surface area contributed by atoms with Crippen LogP contribution in [-0.2, 0) is 25.7 Å². The number of aromatic hydroxyl groups is 2. The van der Waals surface area contributed by atoms with E-state index in [-0.39, 0.29) is 12.0 Å². The summed E-state index contributed by atoms with van der Waals surface area (Å²) in [5.74, 6) is 1.77. The molecule has 0 aliphatic heterocycles. The van der Waals surface area contributed by atoms with Crippen molar-refractivity contribution >= 4 is 49.9 Å². The van der Waals surface area contributed by atoms with Gasteiger partial charge in [0.05, 0.1) is 6.04 Å². The maximum atomic E-state index is 11.2. The summed E-state index contributed by atoms with van der Waals surface area (Å²) in [5, 5.41) is 27.9. The number of fused-ring (bicyclic) bond motifs is 5. The quantitative estimate of drug-likeness (QED) is 0.149. The van der Waals surface area contributed by atoms with Gasteiger partial charge in [-0.2, -0.15) is 0 Å². The van der Waals surface area contributed by atoms with Crippen LogP contribution in [0.4, 0.5) is 22.7 Å². The Morgan fingerprint density at radius 3 is 1.96 bits per heavy atom. The second-order valence-corrected chi connectivity index (χ2v) is 21.3. The lowest BCUT2D eigenvalue weighted by Crippen LogP contribution is -2.34. The van der Waals surface area contributed by atoms with Gasteiger partial charge in [0.2, 0.25) is 0 Å². The number of phenols is 2. The molecule has 2 unspecified atom stereocenters. The van der Waals surface area contributed by atoms with Crippen molar-refractivity contribution in [2.75, 3.05) is 9.80 Å². The number of allylic oxidation sites excluding steroid dienone is 6. The maximum Gasteiger partial charge on any atom is 0.119 e. The molecule has 2 N–H and O–H groups in total. The number of anilines is 4. The number of nitrogens with zero attached hydrogens (tertiary/aromatic N) is 2. The highest BCUT2D eigenvalue weighted by atomic mass is 16.3. The first kappa shape index (κ1) is 42.6. The smallest absolute Gasteiger partial charge is 0.119 e. The molecule has 4 heteroatoms. The van der Waals surface area contributed by atoms with Crippen LogP contribution in [0.2, 0.25) is 0 Å². The highest BCUT2D eigenvalue weighted by molar-refractivity contribution is 6.18. The summed E-state index contributed by atoms with van der Waals surface area (Å²) < 4.78 is 0. The topological polar surface area (TPSA) is 46.9 Å². The highest BCUT2D eigenvalue weighted by Crippen LogP contribution is 2.54. The van der Waals surface area contributed by atoms with Crippen LogP contribution in [0.25, 0.3) is 38.2 Å². The van der Waals surface area contributed by atoms with E-state index in [1.54, 1.807) is 0 Å². The lowest BCUT2D eigenvalue weighted by atomic mass is 9.77. The Balaban J connectivity index is 1.16. The summed E-state index contributed by atoms with van der Waals surface area (Å²) in [6, 6.07) is 36.0. The molecule has 0 radical (unpaired) electrons. The molecule has 0 heterocycles. The minimum atomic E-state index is 0.0588. The molecular weight excluding hydrogens is 829 g/mol. The zero-order chi connectivity index (χ0) is 46.9. The van der Waals surface area contributed by atoms with Crippen molar-refractivity contribution in [2.24, 2.45) is 5.92 Å². The minimum Gasteiger partial charge on any atom is -0.508 e. The van der Waals surface area contributed by atoms with Crippen molar-refractivity contribution < 1.29 is 10.2 Å². The third-order valence-electron chi connectivity index (χ3n) is 16.0. The van der Waals surface area contributed by atoms with E-state index in [2.05, 4.69) is 162 Å². The van der Waals surface area contributed by atoms with Gasteiger partial charge in [0, 0.05) is 57.8 Å². The zero-order valence-electron chi connectivity index (χ0n) is 40.9. The summed E-state index contributed by atoms with van der Waals surface area (Å²) in [5.41, 5.74) is 25.3. The number of aryl methyl sites for hydroxylation is 4. The fourth-order valence-electron chi connectivity index (χ4n) is 13.2. The van der Waals surface area contributed by atoms with Crippen LogP contribution < -0.4 is 9.80 Å². The molecule has 0 saturated carbocycles. The average Bonchev–Trinajstić information content (AvgIpc) is 3.89. The molecule has 0 fully saturated rings. The molecule has 68 heavy (non-hydrogen) atoms. The molecule has 5 aliphatic carbocycles. The van der Waals surface area contributed by atoms with E-state index in [1.165, 1.54) is 111 Å². The van der Waals surface area contributed by atoms with Gasteiger partial charge in [0.25, 0.3) is 0 Å². The predicted octanol–water partition coefficient (Wildman–Crippen LogP) is 16.4. The van der Waals surface area contributed by atoms with Crippen LogP contribution in [0.1, 0.15) is 122 Å². The molecule has 12 rings (SSSR count). The predicted molar refractivity (Wildman–Crippen MR) is 285 cm³/mol. The normalized spacial score (nSPS) is 17.8. The Morgan fingerprint density at radius 2 is 1.24 bits per heavy atom. The minimum absolute atomic E-state index is 0.0588. The largest absolute Gasteiger partial charge is 0.508 e. The van der Waals surface area contributed by atoms with Gasteiger partial charge in [-0.15, -0.1) is 0 Å². The molecule has 4 nitrogen and oxygen atoms in total. The fourth-order valence-corrected chi connectivity index (χ4v) is 13.2. The third-order valence-corrected chi connectivity index (χ3v) is 16.0.